The molecule has 1 aromatic rings. The van der Waals surface area contributed by atoms with Gasteiger partial charge in [0.15, 0.2) is 8.32 Å². The van der Waals surface area contributed by atoms with E-state index in [1.54, 1.807) is 13.1 Å². The minimum Gasteiger partial charge on any atom is -0.409 e. The summed E-state index contributed by atoms with van der Waals surface area (Å²) in [5, 5.41) is 0.106. The van der Waals surface area contributed by atoms with Gasteiger partial charge in [-0.05, 0) is 31.5 Å². The first kappa shape index (κ1) is 20.9. The first-order valence-corrected chi connectivity index (χ1v) is 13.0. The summed E-state index contributed by atoms with van der Waals surface area (Å²) in [6, 6.07) is 0. The smallest absolute Gasteiger partial charge is 0.330 e. The van der Waals surface area contributed by atoms with Gasteiger partial charge in [-0.1, -0.05) is 43.4 Å². The summed E-state index contributed by atoms with van der Waals surface area (Å²) < 4.78 is 15.2. The number of aromatic amines is 1. The molecule has 1 aliphatic rings. The van der Waals surface area contributed by atoms with Crippen LogP contribution < -0.4 is 11.2 Å². The van der Waals surface area contributed by atoms with Crippen LogP contribution in [0.4, 0.5) is 0 Å². The summed E-state index contributed by atoms with van der Waals surface area (Å²) in [4.78, 5) is 26.1. The second kappa shape index (κ2) is 7.28. The van der Waals surface area contributed by atoms with E-state index in [0.717, 1.165) is 10.8 Å². The summed E-state index contributed by atoms with van der Waals surface area (Å²) >= 11 is 2.36. The lowest BCUT2D eigenvalue weighted by Gasteiger charge is -2.43. The highest BCUT2D eigenvalue weighted by atomic mass is 127. The molecule has 1 N–H and O–H groups in total. The number of aryl methyl sites for hydroxylation is 1. The Morgan fingerprint density at radius 2 is 2.08 bits per heavy atom. The van der Waals surface area contributed by atoms with E-state index in [2.05, 4.69) is 61.4 Å². The lowest BCUT2D eigenvalue weighted by Crippen LogP contribution is -2.50. The third kappa shape index (κ3) is 4.45. The van der Waals surface area contributed by atoms with Crippen LogP contribution in [0.3, 0.4) is 0 Å². The Morgan fingerprint density at radius 1 is 1.44 bits per heavy atom. The molecule has 0 bridgehead atoms. The quantitative estimate of drug-likeness (QED) is 0.399. The van der Waals surface area contributed by atoms with Gasteiger partial charge in [-0.25, -0.2) is 4.79 Å². The highest BCUT2D eigenvalue weighted by Crippen LogP contribution is 2.44. The number of aromatic nitrogens is 2. The van der Waals surface area contributed by atoms with Gasteiger partial charge in [0.05, 0.1) is 12.2 Å². The van der Waals surface area contributed by atoms with Gasteiger partial charge in [-0.3, -0.25) is 14.3 Å². The topological polar surface area (TPSA) is 73.3 Å². The van der Waals surface area contributed by atoms with Gasteiger partial charge in [0.2, 0.25) is 0 Å². The van der Waals surface area contributed by atoms with Crippen LogP contribution in [-0.2, 0) is 9.16 Å². The highest BCUT2D eigenvalue weighted by Gasteiger charge is 2.49. The Bertz CT molecular complexity index is 737. The molecule has 0 aliphatic carbocycles. The van der Waals surface area contributed by atoms with Gasteiger partial charge in [-0.2, -0.15) is 0 Å². The third-order valence-corrected chi connectivity index (χ3v) is 10.5. The standard InChI is InChI=1S/C17H29IN2O4Si/c1-12-10-20(15(22)19-14(12)21)13-9-17(7-8-18,11-23-13)24-25(5,6)16(2,3)4/h10,13H,7-9,11H2,1-6H3,(H,19,21,22)/t13-,17?/m1/s1. The molecule has 1 aliphatic heterocycles. The van der Waals surface area contributed by atoms with Crippen molar-refractivity contribution in [1.29, 1.82) is 0 Å². The summed E-state index contributed by atoms with van der Waals surface area (Å²) in [5.41, 5.74) is -0.661. The van der Waals surface area contributed by atoms with Gasteiger partial charge >= 0.3 is 5.69 Å². The van der Waals surface area contributed by atoms with E-state index in [1.807, 2.05) is 0 Å². The number of nitrogens with zero attached hydrogens (tertiary/aromatic N) is 1. The lowest BCUT2D eigenvalue weighted by molar-refractivity contribution is 0.0172. The molecule has 1 unspecified atom stereocenters. The second-order valence-electron chi connectivity index (χ2n) is 8.43. The van der Waals surface area contributed by atoms with Gasteiger partial charge in [0.1, 0.15) is 6.23 Å². The van der Waals surface area contributed by atoms with E-state index in [0.29, 0.717) is 18.6 Å². The molecule has 1 aromatic heterocycles. The third-order valence-electron chi connectivity index (χ3n) is 5.37. The zero-order chi connectivity index (χ0) is 19.0. The molecule has 2 atom stereocenters. The lowest BCUT2D eigenvalue weighted by atomic mass is 9.99. The van der Waals surface area contributed by atoms with E-state index >= 15 is 0 Å². The number of nitrogens with one attached hydrogen (secondary N) is 1. The Labute approximate surface area is 163 Å². The van der Waals surface area contributed by atoms with Crippen LogP contribution >= 0.6 is 22.6 Å². The molecule has 6 nitrogen and oxygen atoms in total. The maximum absolute atomic E-state index is 12.2. The van der Waals surface area contributed by atoms with Gasteiger partial charge < -0.3 is 9.16 Å². The van der Waals surface area contributed by atoms with Crippen LogP contribution in [0.5, 0.6) is 0 Å². The van der Waals surface area contributed by atoms with Crippen molar-refractivity contribution >= 4 is 30.9 Å². The highest BCUT2D eigenvalue weighted by molar-refractivity contribution is 14.1. The molecule has 25 heavy (non-hydrogen) atoms. The fourth-order valence-electron chi connectivity index (χ4n) is 2.83. The van der Waals surface area contributed by atoms with Crippen molar-refractivity contribution in [2.24, 2.45) is 0 Å². The first-order chi connectivity index (χ1) is 11.4. The molecule has 142 valence electrons. The summed E-state index contributed by atoms with van der Waals surface area (Å²) in [6.07, 6.45) is 2.68. The fraction of sp³-hybridized carbons (Fsp3) is 0.765. The Kier molecular flexibility index (Phi) is 6.07. The van der Waals surface area contributed by atoms with Crippen molar-refractivity contribution in [3.8, 4) is 0 Å². The number of hydrogen-bond acceptors (Lipinski definition) is 4. The molecule has 0 amide bonds. The monoisotopic (exact) mass is 480 g/mol. The maximum atomic E-state index is 12.2. The summed E-state index contributed by atoms with van der Waals surface area (Å²) in [6.45, 7) is 13.3. The molecule has 0 aromatic carbocycles. The van der Waals surface area contributed by atoms with Crippen LogP contribution in [0.25, 0.3) is 0 Å². The van der Waals surface area contributed by atoms with Crippen LogP contribution in [0.2, 0.25) is 18.1 Å². The number of ether oxygens (including phenoxy) is 1. The van der Waals surface area contributed by atoms with Crippen molar-refractivity contribution < 1.29 is 9.16 Å². The van der Waals surface area contributed by atoms with Crippen LogP contribution in [0.1, 0.15) is 45.4 Å². The molecule has 0 spiro atoms. The van der Waals surface area contributed by atoms with E-state index in [1.165, 1.54) is 4.57 Å². The molecular formula is C17H29IN2O4Si. The summed E-state index contributed by atoms with van der Waals surface area (Å²) in [7, 11) is -1.97. The van der Waals surface area contributed by atoms with Gasteiger partial charge in [0, 0.05) is 22.6 Å². The molecule has 2 rings (SSSR count). The molecular weight excluding hydrogens is 451 g/mol. The molecule has 0 saturated carbocycles. The first-order valence-electron chi connectivity index (χ1n) is 8.61. The average molecular weight is 480 g/mol. The number of alkyl halides is 1. The zero-order valence-electron chi connectivity index (χ0n) is 15.9. The van der Waals surface area contributed by atoms with E-state index in [-0.39, 0.29) is 16.2 Å². The Hall–Kier alpha value is -0.453. The SMILES string of the molecule is Cc1cn([C@H]2CC(CCI)(O[Si](C)(C)C(C)(C)C)CO2)c(=O)[nH]c1=O. The van der Waals surface area contributed by atoms with Gasteiger partial charge in [-0.15, -0.1) is 0 Å². The van der Waals surface area contributed by atoms with Crippen molar-refractivity contribution in [3.63, 3.8) is 0 Å². The predicted octanol–water partition coefficient (Wildman–Crippen LogP) is 3.35. The van der Waals surface area contributed by atoms with Crippen molar-refractivity contribution in [1.82, 2.24) is 9.55 Å². The van der Waals surface area contributed by atoms with E-state index < -0.39 is 20.2 Å². The van der Waals surface area contributed by atoms with Crippen molar-refractivity contribution in [2.45, 2.75) is 70.5 Å². The number of hydrogen-bond donors (Lipinski definition) is 1. The van der Waals surface area contributed by atoms with Gasteiger partial charge in [0.25, 0.3) is 5.56 Å². The Morgan fingerprint density at radius 3 is 2.64 bits per heavy atom. The minimum absolute atomic E-state index is 0.106. The maximum Gasteiger partial charge on any atom is 0.330 e. The minimum atomic E-state index is -1.97. The average Bonchev–Trinajstić information content (AvgIpc) is 2.85. The number of rotatable bonds is 5. The molecule has 1 fully saturated rings. The largest absolute Gasteiger partial charge is 0.409 e. The summed E-state index contributed by atoms with van der Waals surface area (Å²) in [5.74, 6) is 0. The predicted molar refractivity (Wildman–Crippen MR) is 110 cm³/mol. The van der Waals surface area contributed by atoms with E-state index in [9.17, 15) is 9.59 Å². The molecule has 1 saturated heterocycles. The second-order valence-corrected chi connectivity index (χ2v) is 14.2. The van der Waals surface area contributed by atoms with E-state index in [4.69, 9.17) is 9.16 Å². The van der Waals surface area contributed by atoms with Crippen LogP contribution in [0, 0.1) is 6.92 Å². The zero-order valence-corrected chi connectivity index (χ0v) is 19.1. The number of halogens is 1. The normalized spacial score (nSPS) is 24.7. The fourth-order valence-corrected chi connectivity index (χ4v) is 5.44. The van der Waals surface area contributed by atoms with Crippen LogP contribution in [0.15, 0.2) is 15.8 Å². The Balaban J connectivity index is 2.31. The van der Waals surface area contributed by atoms with Crippen LogP contribution in [-0.4, -0.2) is 34.5 Å². The molecule has 0 radical (unpaired) electrons. The molecule has 2 heterocycles. The van der Waals surface area contributed by atoms with Crippen molar-refractivity contribution in [2.75, 3.05) is 11.0 Å². The van der Waals surface area contributed by atoms with Crippen molar-refractivity contribution in [3.05, 3.63) is 32.6 Å². The number of H-pyrrole nitrogens is 1. The molecule has 8 heteroatoms.